The molecule has 0 aromatic heterocycles. The van der Waals surface area contributed by atoms with Crippen LogP contribution in [0.15, 0.2) is 0 Å². The van der Waals surface area contributed by atoms with Gasteiger partial charge in [-0.3, -0.25) is 0 Å². The van der Waals surface area contributed by atoms with Crippen LogP contribution in [0.1, 0.15) is 32.6 Å². The van der Waals surface area contributed by atoms with E-state index < -0.39 is 6.10 Å². The summed E-state index contributed by atoms with van der Waals surface area (Å²) in [5.74, 6) is 0. The smallest absolute Gasteiger partial charge is 0.0871 e. The van der Waals surface area contributed by atoms with Crippen LogP contribution in [0.4, 0.5) is 0 Å². The van der Waals surface area contributed by atoms with Gasteiger partial charge in [-0.05, 0) is 32.6 Å². The molecule has 0 saturated carbocycles. The van der Waals surface area contributed by atoms with Crippen molar-refractivity contribution in [1.82, 2.24) is 0 Å². The maximum atomic E-state index is 10.5. The van der Waals surface area contributed by atoms with Crippen LogP contribution in [0.5, 0.6) is 0 Å². The van der Waals surface area contributed by atoms with Crippen LogP contribution in [0, 0.1) is 5.41 Å². The lowest BCUT2D eigenvalue weighted by molar-refractivity contribution is -0.119. The fraction of sp³-hybridized carbons (Fsp3) is 1.00. The predicted molar refractivity (Wildman–Crippen MR) is 61.1 cm³/mol. The quantitative estimate of drug-likeness (QED) is 0.746. The van der Waals surface area contributed by atoms with Gasteiger partial charge < -0.3 is 20.3 Å². The molecule has 0 amide bonds. The molecule has 0 aliphatic carbocycles. The van der Waals surface area contributed by atoms with Crippen LogP contribution in [0.2, 0.25) is 0 Å². The van der Waals surface area contributed by atoms with Gasteiger partial charge in [-0.2, -0.15) is 0 Å². The van der Waals surface area contributed by atoms with Crippen molar-refractivity contribution >= 4 is 0 Å². The molecule has 3 atom stereocenters. The number of nitrogens with two attached hydrogens (primary N) is 1. The Labute approximate surface area is 97.1 Å². The maximum Gasteiger partial charge on any atom is 0.0871 e. The van der Waals surface area contributed by atoms with Crippen molar-refractivity contribution in [3.05, 3.63) is 0 Å². The first-order chi connectivity index (χ1) is 7.68. The van der Waals surface area contributed by atoms with E-state index in [9.17, 15) is 5.11 Å². The average Bonchev–Trinajstić information content (AvgIpc) is 2.76. The summed E-state index contributed by atoms with van der Waals surface area (Å²) < 4.78 is 11.1. The Bertz CT molecular complexity index is 228. The third-order valence-corrected chi connectivity index (χ3v) is 4.14. The van der Waals surface area contributed by atoms with Gasteiger partial charge in [0.1, 0.15) is 0 Å². The standard InChI is InChI=1S/C12H23NO3/c1-9-2-3-10(16-9)11(14)12(8-13)4-6-15-7-5-12/h9-11,14H,2-8,13H2,1H3. The fourth-order valence-corrected chi connectivity index (χ4v) is 2.86. The third kappa shape index (κ3) is 2.25. The van der Waals surface area contributed by atoms with Gasteiger partial charge >= 0.3 is 0 Å². The number of aliphatic hydroxyl groups is 1. The van der Waals surface area contributed by atoms with E-state index in [0.717, 1.165) is 25.7 Å². The summed E-state index contributed by atoms with van der Waals surface area (Å²) in [6.45, 7) is 3.99. The summed E-state index contributed by atoms with van der Waals surface area (Å²) >= 11 is 0. The minimum Gasteiger partial charge on any atom is -0.390 e. The lowest BCUT2D eigenvalue weighted by Crippen LogP contribution is -2.51. The van der Waals surface area contributed by atoms with E-state index in [1.54, 1.807) is 0 Å². The Balaban J connectivity index is 2.02. The molecule has 0 bridgehead atoms. The van der Waals surface area contributed by atoms with Crippen molar-refractivity contribution in [2.75, 3.05) is 19.8 Å². The zero-order chi connectivity index (χ0) is 11.6. The van der Waals surface area contributed by atoms with E-state index in [2.05, 4.69) is 6.92 Å². The van der Waals surface area contributed by atoms with E-state index in [-0.39, 0.29) is 17.6 Å². The molecule has 2 heterocycles. The highest BCUT2D eigenvalue weighted by molar-refractivity contribution is 4.95. The van der Waals surface area contributed by atoms with Crippen LogP contribution in [-0.4, -0.2) is 43.2 Å². The molecule has 0 aromatic rings. The van der Waals surface area contributed by atoms with Crippen molar-refractivity contribution in [1.29, 1.82) is 0 Å². The first kappa shape index (κ1) is 12.3. The highest BCUT2D eigenvalue weighted by atomic mass is 16.5. The highest BCUT2D eigenvalue weighted by Gasteiger charge is 2.44. The molecule has 94 valence electrons. The van der Waals surface area contributed by atoms with Crippen LogP contribution in [0.25, 0.3) is 0 Å². The van der Waals surface area contributed by atoms with Crippen molar-refractivity contribution in [2.45, 2.75) is 50.9 Å². The van der Waals surface area contributed by atoms with E-state index in [0.29, 0.717) is 19.8 Å². The molecule has 2 fully saturated rings. The number of ether oxygens (including phenoxy) is 2. The Kier molecular flexibility index (Phi) is 3.85. The largest absolute Gasteiger partial charge is 0.390 e. The second-order valence-electron chi connectivity index (χ2n) is 5.19. The van der Waals surface area contributed by atoms with Gasteiger partial charge in [0.05, 0.1) is 18.3 Å². The van der Waals surface area contributed by atoms with Gasteiger partial charge in [0.25, 0.3) is 0 Å². The monoisotopic (exact) mass is 229 g/mol. The predicted octanol–water partition coefficient (Wildman–Crippen LogP) is 0.670. The summed E-state index contributed by atoms with van der Waals surface area (Å²) in [4.78, 5) is 0. The van der Waals surface area contributed by atoms with Gasteiger partial charge in [0, 0.05) is 25.2 Å². The lowest BCUT2D eigenvalue weighted by Gasteiger charge is -2.42. The zero-order valence-corrected chi connectivity index (χ0v) is 10.0. The lowest BCUT2D eigenvalue weighted by atomic mass is 9.73. The Hall–Kier alpha value is -0.160. The Morgan fingerprint density at radius 2 is 2.06 bits per heavy atom. The summed E-state index contributed by atoms with van der Waals surface area (Å²) in [6.07, 6.45) is 3.49. The second kappa shape index (κ2) is 5.00. The molecule has 0 radical (unpaired) electrons. The minimum absolute atomic E-state index is 0.0309. The van der Waals surface area contributed by atoms with Gasteiger partial charge in [-0.25, -0.2) is 0 Å². The van der Waals surface area contributed by atoms with Crippen LogP contribution in [0.3, 0.4) is 0 Å². The molecule has 2 saturated heterocycles. The molecule has 0 aromatic carbocycles. The van der Waals surface area contributed by atoms with Gasteiger partial charge in [0.15, 0.2) is 0 Å². The third-order valence-electron chi connectivity index (χ3n) is 4.14. The zero-order valence-electron chi connectivity index (χ0n) is 10.0. The topological polar surface area (TPSA) is 64.7 Å². The highest BCUT2D eigenvalue weighted by Crippen LogP contribution is 2.38. The normalized spacial score (nSPS) is 36.2. The molecule has 4 nitrogen and oxygen atoms in total. The van der Waals surface area contributed by atoms with Crippen molar-refractivity contribution in [3.8, 4) is 0 Å². The molecule has 0 spiro atoms. The summed E-state index contributed by atoms with van der Waals surface area (Å²) in [7, 11) is 0. The summed E-state index contributed by atoms with van der Waals surface area (Å²) in [6, 6.07) is 0. The fourth-order valence-electron chi connectivity index (χ4n) is 2.86. The minimum atomic E-state index is -0.439. The molecule has 2 rings (SSSR count). The maximum absolute atomic E-state index is 10.5. The van der Waals surface area contributed by atoms with Crippen molar-refractivity contribution in [3.63, 3.8) is 0 Å². The van der Waals surface area contributed by atoms with E-state index >= 15 is 0 Å². The first-order valence-corrected chi connectivity index (χ1v) is 6.29. The number of hydrogen-bond donors (Lipinski definition) is 2. The molecule has 3 N–H and O–H groups in total. The second-order valence-corrected chi connectivity index (χ2v) is 5.19. The van der Waals surface area contributed by atoms with Gasteiger partial charge in [-0.15, -0.1) is 0 Å². The molecule has 2 aliphatic rings. The first-order valence-electron chi connectivity index (χ1n) is 6.29. The summed E-state index contributed by atoms with van der Waals surface area (Å²) in [5, 5.41) is 10.5. The van der Waals surface area contributed by atoms with Crippen molar-refractivity contribution in [2.24, 2.45) is 11.1 Å². The Morgan fingerprint density at radius 3 is 2.56 bits per heavy atom. The number of hydrogen-bond acceptors (Lipinski definition) is 4. The summed E-state index contributed by atoms with van der Waals surface area (Å²) in [5.41, 5.74) is 5.68. The molecule has 4 heteroatoms. The van der Waals surface area contributed by atoms with E-state index in [4.69, 9.17) is 15.2 Å². The molecule has 3 unspecified atom stereocenters. The van der Waals surface area contributed by atoms with Crippen LogP contribution >= 0.6 is 0 Å². The van der Waals surface area contributed by atoms with Crippen molar-refractivity contribution < 1.29 is 14.6 Å². The van der Waals surface area contributed by atoms with Crippen LogP contribution < -0.4 is 5.73 Å². The number of rotatable bonds is 3. The average molecular weight is 229 g/mol. The molecular weight excluding hydrogens is 206 g/mol. The van der Waals surface area contributed by atoms with Crippen LogP contribution in [-0.2, 0) is 9.47 Å². The SMILES string of the molecule is CC1CCC(C(O)C2(CN)CCOCC2)O1. The van der Waals surface area contributed by atoms with Gasteiger partial charge in [-0.1, -0.05) is 0 Å². The van der Waals surface area contributed by atoms with E-state index in [1.807, 2.05) is 0 Å². The number of aliphatic hydroxyl groups excluding tert-OH is 1. The van der Waals surface area contributed by atoms with Gasteiger partial charge in [0.2, 0.25) is 0 Å². The molecule has 16 heavy (non-hydrogen) atoms. The van der Waals surface area contributed by atoms with E-state index in [1.165, 1.54) is 0 Å². The Morgan fingerprint density at radius 1 is 1.38 bits per heavy atom. The molecule has 2 aliphatic heterocycles. The molecular formula is C12H23NO3.